The molecule has 1 fully saturated rings. The minimum absolute atomic E-state index is 0.626. The Morgan fingerprint density at radius 1 is 1.50 bits per heavy atom. The average molecular weight is 163 g/mol. The quantitative estimate of drug-likeness (QED) is 0.719. The zero-order valence-electron chi connectivity index (χ0n) is 7.41. The van der Waals surface area contributed by atoms with Crippen molar-refractivity contribution in [2.45, 2.75) is 26.3 Å². The Morgan fingerprint density at radius 3 is 2.83 bits per heavy atom. The van der Waals surface area contributed by atoms with Gasteiger partial charge >= 0.3 is 0 Å². The summed E-state index contributed by atoms with van der Waals surface area (Å²) in [5.74, 6) is 1.71. The molecule has 3 nitrogen and oxygen atoms in total. The van der Waals surface area contributed by atoms with Crippen LogP contribution in [0.2, 0.25) is 0 Å². The predicted molar refractivity (Wildman–Crippen MR) is 48.0 cm³/mol. The normalized spacial score (nSPS) is 26.8. The molecule has 2 rings (SSSR count). The highest BCUT2D eigenvalue weighted by Gasteiger charge is 2.32. The number of aryl methyl sites for hydroxylation is 1. The van der Waals surface area contributed by atoms with E-state index < -0.39 is 0 Å². The first-order valence-corrected chi connectivity index (χ1v) is 4.31. The van der Waals surface area contributed by atoms with Crippen molar-refractivity contribution in [1.29, 1.82) is 0 Å². The van der Waals surface area contributed by atoms with Gasteiger partial charge < -0.3 is 5.32 Å². The van der Waals surface area contributed by atoms with Crippen LogP contribution in [0.5, 0.6) is 0 Å². The molecule has 0 amide bonds. The first-order valence-electron chi connectivity index (χ1n) is 4.31. The predicted octanol–water partition coefficient (Wildman–Crippen LogP) is 1.61. The minimum Gasteiger partial charge on any atom is -0.366 e. The van der Waals surface area contributed by atoms with Crippen molar-refractivity contribution in [1.82, 2.24) is 9.97 Å². The van der Waals surface area contributed by atoms with Gasteiger partial charge in [0.1, 0.15) is 5.82 Å². The summed E-state index contributed by atoms with van der Waals surface area (Å²) in [7, 11) is 0. The summed E-state index contributed by atoms with van der Waals surface area (Å²) in [6, 6.07) is 0.626. The van der Waals surface area contributed by atoms with Gasteiger partial charge in [-0.3, -0.25) is 4.98 Å². The van der Waals surface area contributed by atoms with Gasteiger partial charge in [-0.2, -0.15) is 0 Å². The van der Waals surface area contributed by atoms with Gasteiger partial charge in [-0.25, -0.2) is 4.98 Å². The highest BCUT2D eigenvalue weighted by molar-refractivity contribution is 5.35. The molecular weight excluding hydrogens is 150 g/mol. The summed E-state index contributed by atoms with van der Waals surface area (Å²) in [6.07, 6.45) is 4.80. The monoisotopic (exact) mass is 163 g/mol. The largest absolute Gasteiger partial charge is 0.366 e. The fraction of sp³-hybridized carbons (Fsp3) is 0.556. The molecule has 0 bridgehead atoms. The van der Waals surface area contributed by atoms with Crippen LogP contribution in [0.4, 0.5) is 5.82 Å². The van der Waals surface area contributed by atoms with Crippen molar-refractivity contribution >= 4 is 5.82 Å². The Bertz CT molecular complexity index is 285. The Morgan fingerprint density at radius 2 is 2.25 bits per heavy atom. The van der Waals surface area contributed by atoms with Crippen molar-refractivity contribution < 1.29 is 0 Å². The minimum atomic E-state index is 0.626. The number of nitrogens with one attached hydrogen (secondary N) is 1. The van der Waals surface area contributed by atoms with Crippen LogP contribution in [-0.2, 0) is 0 Å². The summed E-state index contributed by atoms with van der Waals surface area (Å²) < 4.78 is 0. The van der Waals surface area contributed by atoms with E-state index in [4.69, 9.17) is 0 Å². The summed E-state index contributed by atoms with van der Waals surface area (Å²) >= 11 is 0. The van der Waals surface area contributed by atoms with Crippen molar-refractivity contribution in [3.63, 3.8) is 0 Å². The van der Waals surface area contributed by atoms with E-state index in [2.05, 4.69) is 22.2 Å². The van der Waals surface area contributed by atoms with E-state index in [0.29, 0.717) is 6.04 Å². The number of nitrogens with zero attached hydrogens (tertiary/aromatic N) is 2. The van der Waals surface area contributed by atoms with Crippen LogP contribution in [0.25, 0.3) is 0 Å². The highest BCUT2D eigenvalue weighted by Crippen LogP contribution is 2.31. The van der Waals surface area contributed by atoms with Gasteiger partial charge in [-0.05, 0) is 19.3 Å². The van der Waals surface area contributed by atoms with Gasteiger partial charge in [0.05, 0.1) is 11.9 Å². The highest BCUT2D eigenvalue weighted by atomic mass is 15.1. The molecule has 1 aliphatic rings. The fourth-order valence-corrected chi connectivity index (χ4v) is 1.25. The molecule has 64 valence electrons. The van der Waals surface area contributed by atoms with Crippen LogP contribution in [0.15, 0.2) is 12.4 Å². The van der Waals surface area contributed by atoms with Gasteiger partial charge in [-0.15, -0.1) is 0 Å². The molecule has 1 aliphatic carbocycles. The maximum absolute atomic E-state index is 4.31. The third-order valence-electron chi connectivity index (χ3n) is 2.20. The van der Waals surface area contributed by atoms with Gasteiger partial charge in [0.15, 0.2) is 0 Å². The van der Waals surface area contributed by atoms with Gasteiger partial charge in [-0.1, -0.05) is 6.92 Å². The Balaban J connectivity index is 2.03. The third kappa shape index (κ3) is 1.55. The molecule has 2 atom stereocenters. The zero-order chi connectivity index (χ0) is 8.55. The lowest BCUT2D eigenvalue weighted by molar-refractivity contribution is 0.919. The van der Waals surface area contributed by atoms with E-state index in [1.54, 1.807) is 12.4 Å². The lowest BCUT2D eigenvalue weighted by atomic mass is 10.4. The molecule has 1 aromatic rings. The van der Waals surface area contributed by atoms with E-state index in [9.17, 15) is 0 Å². The SMILES string of the molecule is Cc1cncc(N[C@@H]2C[C@H]2C)n1. The fourth-order valence-electron chi connectivity index (χ4n) is 1.25. The standard InChI is InChI=1S/C9H13N3/c1-6-3-8(6)12-9-5-10-4-7(2)11-9/h4-6,8H,3H2,1-2H3,(H,11,12)/t6-,8-/m1/s1. The molecule has 12 heavy (non-hydrogen) atoms. The maximum atomic E-state index is 4.31. The van der Waals surface area contributed by atoms with Crippen molar-refractivity contribution in [3.8, 4) is 0 Å². The average Bonchev–Trinajstić information content (AvgIpc) is 2.66. The zero-order valence-corrected chi connectivity index (χ0v) is 7.41. The number of hydrogen-bond acceptors (Lipinski definition) is 3. The first-order chi connectivity index (χ1) is 5.75. The molecular formula is C9H13N3. The third-order valence-corrected chi connectivity index (χ3v) is 2.20. The Labute approximate surface area is 72.2 Å². The van der Waals surface area contributed by atoms with Crippen molar-refractivity contribution in [3.05, 3.63) is 18.1 Å². The van der Waals surface area contributed by atoms with E-state index >= 15 is 0 Å². The van der Waals surface area contributed by atoms with Gasteiger partial charge in [0, 0.05) is 12.2 Å². The number of rotatable bonds is 2. The Hall–Kier alpha value is -1.12. The van der Waals surface area contributed by atoms with E-state index in [0.717, 1.165) is 17.4 Å². The Kier molecular flexibility index (Phi) is 1.71. The van der Waals surface area contributed by atoms with Crippen LogP contribution in [0, 0.1) is 12.8 Å². The van der Waals surface area contributed by atoms with Gasteiger partial charge in [0.2, 0.25) is 0 Å². The molecule has 1 N–H and O–H groups in total. The molecule has 0 aliphatic heterocycles. The second kappa shape index (κ2) is 2.73. The van der Waals surface area contributed by atoms with E-state index in [-0.39, 0.29) is 0 Å². The van der Waals surface area contributed by atoms with Crippen LogP contribution >= 0.6 is 0 Å². The number of hydrogen-bond donors (Lipinski definition) is 1. The number of anilines is 1. The molecule has 0 saturated heterocycles. The molecule has 0 aromatic carbocycles. The second-order valence-corrected chi connectivity index (χ2v) is 3.51. The van der Waals surface area contributed by atoms with E-state index in [1.807, 2.05) is 6.92 Å². The molecule has 1 aromatic heterocycles. The molecule has 3 heteroatoms. The van der Waals surface area contributed by atoms with Crippen molar-refractivity contribution in [2.75, 3.05) is 5.32 Å². The second-order valence-electron chi connectivity index (χ2n) is 3.51. The molecule has 0 radical (unpaired) electrons. The van der Waals surface area contributed by atoms with Crippen molar-refractivity contribution in [2.24, 2.45) is 5.92 Å². The lowest BCUT2D eigenvalue weighted by Gasteiger charge is -2.02. The number of aromatic nitrogens is 2. The summed E-state index contributed by atoms with van der Waals surface area (Å²) in [5, 5.41) is 3.33. The topological polar surface area (TPSA) is 37.8 Å². The molecule has 1 heterocycles. The van der Waals surface area contributed by atoms with Crippen LogP contribution < -0.4 is 5.32 Å². The summed E-state index contributed by atoms with van der Waals surface area (Å²) in [4.78, 5) is 8.38. The summed E-state index contributed by atoms with van der Waals surface area (Å²) in [5.41, 5.74) is 0.966. The molecule has 1 saturated carbocycles. The molecule has 0 spiro atoms. The molecule has 0 unspecified atom stereocenters. The van der Waals surface area contributed by atoms with Crippen LogP contribution in [0.3, 0.4) is 0 Å². The maximum Gasteiger partial charge on any atom is 0.145 e. The van der Waals surface area contributed by atoms with Crippen LogP contribution in [0.1, 0.15) is 19.0 Å². The summed E-state index contributed by atoms with van der Waals surface area (Å²) in [6.45, 7) is 4.19. The van der Waals surface area contributed by atoms with E-state index in [1.165, 1.54) is 6.42 Å². The van der Waals surface area contributed by atoms with Crippen LogP contribution in [-0.4, -0.2) is 16.0 Å². The smallest absolute Gasteiger partial charge is 0.145 e. The first kappa shape index (κ1) is 7.53. The lowest BCUT2D eigenvalue weighted by Crippen LogP contribution is -2.05. The van der Waals surface area contributed by atoms with Gasteiger partial charge in [0.25, 0.3) is 0 Å².